The van der Waals surface area contributed by atoms with Crippen molar-refractivity contribution in [1.29, 1.82) is 0 Å². The Kier molecular flexibility index (Phi) is 4.52. The van der Waals surface area contributed by atoms with E-state index < -0.39 is 0 Å². The van der Waals surface area contributed by atoms with Crippen LogP contribution in [-0.4, -0.2) is 15.0 Å². The van der Waals surface area contributed by atoms with Crippen molar-refractivity contribution in [3.63, 3.8) is 0 Å². The third-order valence-electron chi connectivity index (χ3n) is 5.19. The zero-order chi connectivity index (χ0) is 20.5. The number of rotatable bonds is 4. The maximum Gasteiger partial charge on any atom is 0.115 e. The lowest BCUT2D eigenvalue weighted by Gasteiger charge is -2.25. The van der Waals surface area contributed by atoms with Gasteiger partial charge in [-0.25, -0.2) is 0 Å². The first-order valence-corrected chi connectivity index (χ1v) is 10.0. The van der Waals surface area contributed by atoms with E-state index >= 15 is 0 Å². The molecule has 0 aliphatic heterocycles. The first kappa shape index (κ1) is 18.1. The lowest BCUT2D eigenvalue weighted by atomic mass is 10.1. The van der Waals surface area contributed by atoms with Crippen LogP contribution in [-0.2, 0) is 0 Å². The summed E-state index contributed by atoms with van der Waals surface area (Å²) < 4.78 is 0. The second-order valence-electron chi connectivity index (χ2n) is 7.50. The van der Waals surface area contributed by atoms with Gasteiger partial charge < -0.3 is 4.90 Å². The molecule has 0 aliphatic rings. The molecule has 0 N–H and O–H groups in total. The van der Waals surface area contributed by atoms with E-state index in [0.29, 0.717) is 0 Å². The largest absolute Gasteiger partial charge is 0.310 e. The molecule has 0 spiro atoms. The minimum atomic E-state index is 0.862. The van der Waals surface area contributed by atoms with Gasteiger partial charge in [0.1, 0.15) is 11.0 Å². The minimum Gasteiger partial charge on any atom is -0.310 e. The van der Waals surface area contributed by atoms with Crippen LogP contribution in [0.25, 0.3) is 16.7 Å². The van der Waals surface area contributed by atoms with E-state index in [1.807, 2.05) is 36.4 Å². The summed E-state index contributed by atoms with van der Waals surface area (Å²) in [5.74, 6) is 0. The molecule has 0 aliphatic carbocycles. The highest BCUT2D eigenvalue weighted by Crippen LogP contribution is 2.35. The molecule has 0 bridgehead atoms. The van der Waals surface area contributed by atoms with Crippen LogP contribution in [0.15, 0.2) is 97.1 Å². The van der Waals surface area contributed by atoms with Crippen molar-refractivity contribution in [2.24, 2.45) is 0 Å². The average molecular weight is 390 g/mol. The van der Waals surface area contributed by atoms with Gasteiger partial charge >= 0.3 is 0 Å². The highest BCUT2D eigenvalue weighted by atomic mass is 15.5. The van der Waals surface area contributed by atoms with E-state index in [4.69, 9.17) is 5.10 Å². The van der Waals surface area contributed by atoms with Crippen LogP contribution in [0.4, 0.5) is 17.1 Å². The van der Waals surface area contributed by atoms with Gasteiger partial charge in [0, 0.05) is 17.1 Å². The highest BCUT2D eigenvalue weighted by Gasteiger charge is 2.14. The lowest BCUT2D eigenvalue weighted by molar-refractivity contribution is 0.766. The molecule has 0 atom stereocenters. The second-order valence-corrected chi connectivity index (χ2v) is 7.50. The smallest absolute Gasteiger partial charge is 0.115 e. The number of anilines is 3. The molecule has 4 heteroatoms. The number of hydrogen-bond donors (Lipinski definition) is 0. The van der Waals surface area contributed by atoms with Crippen molar-refractivity contribution < 1.29 is 0 Å². The Balaban J connectivity index is 1.63. The van der Waals surface area contributed by atoms with Gasteiger partial charge in [0.25, 0.3) is 0 Å². The maximum atomic E-state index is 4.72. The molecule has 5 aromatic rings. The summed E-state index contributed by atoms with van der Waals surface area (Å²) in [5.41, 5.74) is 8.43. The fourth-order valence-electron chi connectivity index (χ4n) is 3.55. The molecule has 0 unspecified atom stereocenters. The highest BCUT2D eigenvalue weighted by molar-refractivity contribution is 5.84. The summed E-state index contributed by atoms with van der Waals surface area (Å²) in [7, 11) is 0. The van der Waals surface area contributed by atoms with Crippen molar-refractivity contribution in [3.05, 3.63) is 108 Å². The average Bonchev–Trinajstić information content (AvgIpc) is 3.21. The second kappa shape index (κ2) is 7.48. The third kappa shape index (κ3) is 3.44. The quantitative estimate of drug-likeness (QED) is 0.351. The monoisotopic (exact) mass is 390 g/mol. The van der Waals surface area contributed by atoms with Gasteiger partial charge in [-0.05, 0) is 68.4 Å². The number of aryl methyl sites for hydroxylation is 2. The number of benzene rings is 4. The number of aromatic nitrogens is 3. The van der Waals surface area contributed by atoms with Crippen LogP contribution in [0.1, 0.15) is 11.1 Å². The summed E-state index contributed by atoms with van der Waals surface area (Å²) in [6.45, 7) is 4.21. The molecule has 0 radical (unpaired) electrons. The number of nitrogens with zero attached hydrogens (tertiary/aromatic N) is 4. The molecule has 4 aromatic carbocycles. The molecule has 5 rings (SSSR count). The molecular weight excluding hydrogens is 368 g/mol. The van der Waals surface area contributed by atoms with Crippen LogP contribution in [0.2, 0.25) is 0 Å². The fourth-order valence-corrected chi connectivity index (χ4v) is 3.55. The lowest BCUT2D eigenvalue weighted by Crippen LogP contribution is -2.09. The Morgan fingerprint density at radius 3 is 1.70 bits per heavy atom. The van der Waals surface area contributed by atoms with Crippen molar-refractivity contribution in [1.82, 2.24) is 15.0 Å². The van der Waals surface area contributed by atoms with Crippen molar-refractivity contribution in [2.45, 2.75) is 13.8 Å². The Morgan fingerprint density at radius 1 is 0.567 bits per heavy atom. The Bertz CT molecular complexity index is 1240. The minimum absolute atomic E-state index is 0.862. The van der Waals surface area contributed by atoms with Gasteiger partial charge in [-0.1, -0.05) is 53.6 Å². The molecule has 0 fully saturated rings. The van der Waals surface area contributed by atoms with Crippen LogP contribution in [0.3, 0.4) is 0 Å². The Hall–Kier alpha value is -3.92. The van der Waals surface area contributed by atoms with Crippen molar-refractivity contribution in [2.75, 3.05) is 4.90 Å². The van der Waals surface area contributed by atoms with E-state index in [9.17, 15) is 0 Å². The summed E-state index contributed by atoms with van der Waals surface area (Å²) in [6, 6.07) is 33.4. The zero-order valence-electron chi connectivity index (χ0n) is 17.0. The number of fused-ring (bicyclic) bond motifs is 1. The van der Waals surface area contributed by atoms with E-state index in [1.165, 1.54) is 11.1 Å². The van der Waals surface area contributed by atoms with Crippen LogP contribution >= 0.6 is 0 Å². The number of hydrogen-bond acceptors (Lipinski definition) is 3. The summed E-state index contributed by atoms with van der Waals surface area (Å²) >= 11 is 0. The van der Waals surface area contributed by atoms with Crippen LogP contribution in [0.5, 0.6) is 0 Å². The SMILES string of the molecule is Cc1ccc(N(c2ccc(C)cc2)c2ccc3nn(-c4ccccc4)nc3c2)cc1. The predicted octanol–water partition coefficient (Wildman–Crippen LogP) is 6.51. The summed E-state index contributed by atoms with van der Waals surface area (Å²) in [5, 5.41) is 9.36. The van der Waals surface area contributed by atoms with Gasteiger partial charge in [0.2, 0.25) is 0 Å². The molecule has 0 saturated heterocycles. The Morgan fingerprint density at radius 2 is 1.10 bits per heavy atom. The van der Waals surface area contributed by atoms with E-state index in [2.05, 4.69) is 84.5 Å². The van der Waals surface area contributed by atoms with Gasteiger partial charge in [-0.3, -0.25) is 0 Å². The van der Waals surface area contributed by atoms with Crippen LogP contribution in [0, 0.1) is 13.8 Å². The van der Waals surface area contributed by atoms with Gasteiger partial charge in [-0.15, -0.1) is 10.2 Å². The standard InChI is InChI=1S/C26H22N4/c1-19-8-12-21(13-9-19)29(22-14-10-20(2)11-15-22)24-16-17-25-26(18-24)28-30(27-25)23-6-4-3-5-7-23/h3-18H,1-2H3. The van der Waals surface area contributed by atoms with Gasteiger partial charge in [0.05, 0.1) is 5.69 Å². The molecule has 1 aromatic heterocycles. The topological polar surface area (TPSA) is 34.0 Å². The number of para-hydroxylation sites is 1. The molecule has 0 amide bonds. The zero-order valence-corrected chi connectivity index (χ0v) is 17.0. The molecule has 146 valence electrons. The maximum absolute atomic E-state index is 4.72. The molecule has 1 heterocycles. The van der Waals surface area contributed by atoms with E-state index in [0.717, 1.165) is 33.8 Å². The van der Waals surface area contributed by atoms with E-state index in [-0.39, 0.29) is 0 Å². The van der Waals surface area contributed by atoms with E-state index in [1.54, 1.807) is 4.80 Å². The van der Waals surface area contributed by atoms with Crippen molar-refractivity contribution in [3.8, 4) is 5.69 Å². The Labute approximate surface area is 176 Å². The van der Waals surface area contributed by atoms with Gasteiger partial charge in [-0.2, -0.15) is 4.80 Å². The molecule has 0 saturated carbocycles. The summed E-state index contributed by atoms with van der Waals surface area (Å²) in [6.07, 6.45) is 0. The summed E-state index contributed by atoms with van der Waals surface area (Å²) in [4.78, 5) is 3.94. The van der Waals surface area contributed by atoms with Crippen LogP contribution < -0.4 is 4.90 Å². The fraction of sp³-hybridized carbons (Fsp3) is 0.0769. The predicted molar refractivity (Wildman–Crippen MR) is 123 cm³/mol. The first-order valence-electron chi connectivity index (χ1n) is 10.0. The van der Waals surface area contributed by atoms with Gasteiger partial charge in [0.15, 0.2) is 0 Å². The van der Waals surface area contributed by atoms with Crippen molar-refractivity contribution >= 4 is 28.1 Å². The normalized spacial score (nSPS) is 11.0. The molecule has 4 nitrogen and oxygen atoms in total. The first-order chi connectivity index (χ1) is 14.7. The molecule has 30 heavy (non-hydrogen) atoms. The molecular formula is C26H22N4. The third-order valence-corrected chi connectivity index (χ3v) is 5.19.